The molecule has 6 heteroatoms. The molecule has 62 heavy (non-hydrogen) atoms. The molecule has 3 nitrogen and oxygen atoms in total. The maximum absolute atomic E-state index is 7.24. The van der Waals surface area contributed by atoms with Crippen LogP contribution in [0.1, 0.15) is 50.3 Å². The van der Waals surface area contributed by atoms with Gasteiger partial charge in [-0.3, -0.25) is 0 Å². The molecule has 12 aromatic rings. The van der Waals surface area contributed by atoms with Crippen molar-refractivity contribution in [1.29, 1.82) is 0 Å². The van der Waals surface area contributed by atoms with Gasteiger partial charge in [0.1, 0.15) is 11.2 Å². The minimum Gasteiger partial charge on any atom is -0.455 e. The Morgan fingerprint density at radius 1 is 0.581 bits per heavy atom. The molecule has 0 saturated heterocycles. The second kappa shape index (κ2) is 11.8. The fraction of sp³-hybridized carbons (Fsp3) is 0.143. The molecule has 6 heterocycles. The fourth-order valence-electron chi connectivity index (χ4n) is 11.8. The van der Waals surface area contributed by atoms with E-state index in [1.807, 2.05) is 22.7 Å². The molecule has 0 fully saturated rings. The summed E-state index contributed by atoms with van der Waals surface area (Å²) >= 11 is 3.83. The molecule has 15 rings (SSSR count). The van der Waals surface area contributed by atoms with E-state index in [1.165, 1.54) is 142 Å². The van der Waals surface area contributed by atoms with Crippen LogP contribution in [0.3, 0.4) is 0 Å². The average Bonchev–Trinajstić information content (AvgIpc) is 4.05. The number of anilines is 2. The molecule has 0 spiro atoms. The van der Waals surface area contributed by atoms with E-state index >= 15 is 0 Å². The van der Waals surface area contributed by atoms with Gasteiger partial charge in [-0.2, -0.15) is 0 Å². The minimum atomic E-state index is -0.100. The zero-order valence-electron chi connectivity index (χ0n) is 34.7. The van der Waals surface area contributed by atoms with E-state index in [0.29, 0.717) is 0 Å². The lowest BCUT2D eigenvalue weighted by atomic mass is 9.43. The quantitative estimate of drug-likeness (QED) is 0.154. The Hall–Kier alpha value is -6.34. The Morgan fingerprint density at radius 3 is 1.95 bits per heavy atom. The van der Waals surface area contributed by atoms with Crippen molar-refractivity contribution in [3.05, 3.63) is 150 Å². The summed E-state index contributed by atoms with van der Waals surface area (Å²) in [5.41, 5.74) is 18.0. The van der Waals surface area contributed by atoms with Crippen LogP contribution in [-0.4, -0.2) is 11.4 Å². The molecule has 294 valence electrons. The summed E-state index contributed by atoms with van der Waals surface area (Å²) in [4.78, 5) is 2.72. The topological polar surface area (TPSA) is 21.3 Å². The lowest BCUT2D eigenvalue weighted by molar-refractivity contribution is 0.590. The van der Waals surface area contributed by atoms with Crippen molar-refractivity contribution in [3.63, 3.8) is 0 Å². The number of aromatic nitrogens is 1. The Labute approximate surface area is 366 Å². The number of thiophene rings is 2. The summed E-state index contributed by atoms with van der Waals surface area (Å²) in [5, 5.41) is 10.3. The van der Waals surface area contributed by atoms with Crippen LogP contribution in [-0.2, 0) is 18.3 Å². The van der Waals surface area contributed by atoms with Gasteiger partial charge in [0.15, 0.2) is 0 Å². The molecule has 0 bridgehead atoms. The van der Waals surface area contributed by atoms with Crippen molar-refractivity contribution < 1.29 is 4.42 Å². The highest BCUT2D eigenvalue weighted by Gasteiger charge is 2.46. The van der Waals surface area contributed by atoms with E-state index < -0.39 is 0 Å². The van der Waals surface area contributed by atoms with E-state index in [2.05, 4.69) is 164 Å². The van der Waals surface area contributed by atoms with Gasteiger partial charge in [-0.15, -0.1) is 22.7 Å². The van der Waals surface area contributed by atoms with Crippen LogP contribution in [0.15, 0.2) is 138 Å². The lowest BCUT2D eigenvalue weighted by Crippen LogP contribution is -2.60. The number of aryl methyl sites for hydroxylation is 2. The van der Waals surface area contributed by atoms with Gasteiger partial charge in [0.2, 0.25) is 0 Å². The largest absolute Gasteiger partial charge is 0.455 e. The molecular formula is C56H39BN2OS2. The highest BCUT2D eigenvalue weighted by molar-refractivity contribution is 7.26. The fourth-order valence-corrected chi connectivity index (χ4v) is 14.1. The molecule has 2 aliphatic heterocycles. The zero-order chi connectivity index (χ0) is 40.7. The third kappa shape index (κ3) is 4.32. The summed E-state index contributed by atoms with van der Waals surface area (Å²) in [6.07, 6.45) is 4.75. The van der Waals surface area contributed by atoms with E-state index in [4.69, 9.17) is 4.42 Å². The van der Waals surface area contributed by atoms with Crippen molar-refractivity contribution in [1.82, 2.24) is 4.57 Å². The van der Waals surface area contributed by atoms with Gasteiger partial charge in [-0.05, 0) is 131 Å². The molecule has 4 aromatic heterocycles. The summed E-state index contributed by atoms with van der Waals surface area (Å²) in [6.45, 7) is 6.84. The number of furan rings is 1. The third-order valence-electron chi connectivity index (χ3n) is 14.7. The summed E-state index contributed by atoms with van der Waals surface area (Å²) in [7, 11) is 0. The van der Waals surface area contributed by atoms with Crippen molar-refractivity contribution in [2.75, 3.05) is 4.81 Å². The van der Waals surface area contributed by atoms with Gasteiger partial charge in [-0.1, -0.05) is 87.5 Å². The van der Waals surface area contributed by atoms with Gasteiger partial charge < -0.3 is 13.8 Å². The van der Waals surface area contributed by atoms with E-state index in [-0.39, 0.29) is 12.3 Å². The predicted octanol–water partition coefficient (Wildman–Crippen LogP) is 14.8. The number of fused-ring (bicyclic) bond motifs is 20. The summed E-state index contributed by atoms with van der Waals surface area (Å²) < 4.78 is 15.2. The SMILES string of the molecule is CC(C)(C)c1ccc(N2B3c4cc5sc6ccccc6c5cc4-n4c5cc6c(cc5c5c7oc8ccccc8c7c(c3c54)-c3cc4sc5ccccc5c4cc32)CCCC6)cc1. The van der Waals surface area contributed by atoms with Crippen molar-refractivity contribution in [2.24, 2.45) is 0 Å². The molecule has 0 unspecified atom stereocenters. The normalized spacial score (nSPS) is 14.7. The van der Waals surface area contributed by atoms with Gasteiger partial charge >= 0.3 is 6.85 Å². The second-order valence-corrected chi connectivity index (χ2v) is 21.2. The Balaban J connectivity index is 1.20. The van der Waals surface area contributed by atoms with Crippen LogP contribution in [0.5, 0.6) is 0 Å². The van der Waals surface area contributed by atoms with Gasteiger partial charge in [-0.25, -0.2) is 0 Å². The molecule has 0 atom stereocenters. The first-order chi connectivity index (χ1) is 30.4. The average molecular weight is 831 g/mol. The first kappa shape index (κ1) is 34.3. The van der Waals surface area contributed by atoms with Crippen LogP contribution in [0.4, 0.5) is 11.4 Å². The first-order valence-electron chi connectivity index (χ1n) is 22.2. The number of hydrogen-bond acceptors (Lipinski definition) is 4. The van der Waals surface area contributed by atoms with Crippen LogP contribution in [0.25, 0.3) is 101 Å². The third-order valence-corrected chi connectivity index (χ3v) is 16.9. The van der Waals surface area contributed by atoms with E-state index in [1.54, 1.807) is 0 Å². The van der Waals surface area contributed by atoms with Crippen LogP contribution in [0, 0.1) is 0 Å². The molecule has 0 radical (unpaired) electrons. The lowest BCUT2D eigenvalue weighted by Gasteiger charge is -2.42. The molecule has 0 amide bonds. The Kier molecular flexibility index (Phi) is 6.51. The van der Waals surface area contributed by atoms with Gasteiger partial charge in [0, 0.05) is 79.1 Å². The molecule has 0 saturated carbocycles. The standard InChI is InChI=1S/C56H39BN2OS2/c1-56(2,3)32-20-22-33(23-21-32)59-43-26-37-34-14-7-10-18-46(34)61-48(37)28-40(43)50-51-36-16-6-9-17-45(36)60-55(51)52-39-24-30-12-4-5-13-31(30)25-42(39)58-44-27-38-35-15-8-11-19-47(35)62-49(38)29-41(44)57(59)53(50)54(52)58/h6-11,14-29H,4-5,12-13H2,1-3H3. The Bertz CT molecular complexity index is 3990. The summed E-state index contributed by atoms with van der Waals surface area (Å²) in [6, 6.07) is 51.5. The maximum Gasteiger partial charge on any atom is 0.333 e. The van der Waals surface area contributed by atoms with Crippen LogP contribution >= 0.6 is 22.7 Å². The van der Waals surface area contributed by atoms with Crippen LogP contribution < -0.4 is 15.7 Å². The highest BCUT2D eigenvalue weighted by Crippen LogP contribution is 2.54. The number of rotatable bonds is 1. The molecule has 8 aromatic carbocycles. The zero-order valence-corrected chi connectivity index (χ0v) is 36.4. The smallest absolute Gasteiger partial charge is 0.333 e. The van der Waals surface area contributed by atoms with Crippen LogP contribution in [0.2, 0.25) is 0 Å². The Morgan fingerprint density at radius 2 is 1.23 bits per heavy atom. The number of hydrogen-bond donors (Lipinski definition) is 0. The summed E-state index contributed by atoms with van der Waals surface area (Å²) in [5.74, 6) is 0. The number of para-hydroxylation sites is 1. The second-order valence-electron chi connectivity index (χ2n) is 19.0. The van der Waals surface area contributed by atoms with Crippen molar-refractivity contribution in [3.8, 4) is 16.8 Å². The molecule has 1 aliphatic carbocycles. The minimum absolute atomic E-state index is 0.0388. The predicted molar refractivity (Wildman–Crippen MR) is 268 cm³/mol. The monoisotopic (exact) mass is 830 g/mol. The molecule has 3 aliphatic rings. The number of benzene rings is 8. The number of nitrogens with zero attached hydrogens (tertiary/aromatic N) is 2. The van der Waals surface area contributed by atoms with Crippen molar-refractivity contribution >= 4 is 136 Å². The first-order valence-corrected chi connectivity index (χ1v) is 23.8. The molecular weight excluding hydrogens is 792 g/mol. The van der Waals surface area contributed by atoms with E-state index in [9.17, 15) is 0 Å². The highest BCUT2D eigenvalue weighted by atomic mass is 32.1. The van der Waals surface area contributed by atoms with E-state index in [0.717, 1.165) is 24.0 Å². The van der Waals surface area contributed by atoms with Gasteiger partial charge in [0.25, 0.3) is 0 Å². The maximum atomic E-state index is 7.24. The van der Waals surface area contributed by atoms with Crippen molar-refractivity contribution in [2.45, 2.75) is 51.9 Å². The molecule has 0 N–H and O–H groups in total. The van der Waals surface area contributed by atoms with Gasteiger partial charge in [0.05, 0.1) is 16.4 Å².